The SMILES string of the molecule is CN=CC(=C(N)C(=O)N1CC(F)(F)C[C@@H](C)C1CNc1ncc(C(F)(F)F)c(OC)n1)c1ccccc1F. The molecule has 0 spiro atoms. The maximum absolute atomic E-state index is 14.6. The lowest BCUT2D eigenvalue weighted by Gasteiger charge is -2.43. The van der Waals surface area contributed by atoms with Crippen LogP contribution in [0.15, 0.2) is 41.2 Å². The van der Waals surface area contributed by atoms with Gasteiger partial charge < -0.3 is 20.7 Å². The number of carbonyl (C=O) groups is 1. The van der Waals surface area contributed by atoms with E-state index in [1.807, 2.05) is 0 Å². The summed E-state index contributed by atoms with van der Waals surface area (Å²) in [4.78, 5) is 25.4. The second kappa shape index (κ2) is 11.3. The molecule has 0 saturated carbocycles. The standard InChI is InChI=1S/C24H26F6N6O2/c1-13-8-23(26,27)12-36(21(37)19(31)15(9-32-2)14-6-4-5-7-17(14)25)18(13)11-34-22-33-10-16(24(28,29)30)20(35-22)38-3/h4-7,9-10,13,18H,8,11-12,31H2,1-3H3,(H,33,34,35)/t13-,18?/m1/s1. The molecular weight excluding hydrogens is 518 g/mol. The maximum Gasteiger partial charge on any atom is 0.423 e. The van der Waals surface area contributed by atoms with Crippen LogP contribution in [0.1, 0.15) is 24.5 Å². The zero-order valence-corrected chi connectivity index (χ0v) is 20.7. The highest BCUT2D eigenvalue weighted by atomic mass is 19.4. The minimum absolute atomic E-state index is 0.0410. The van der Waals surface area contributed by atoms with E-state index < -0.39 is 65.9 Å². The second-order valence-electron chi connectivity index (χ2n) is 8.73. The average Bonchev–Trinajstić information content (AvgIpc) is 2.84. The molecule has 1 saturated heterocycles. The van der Waals surface area contributed by atoms with Gasteiger partial charge in [0.25, 0.3) is 11.8 Å². The van der Waals surface area contributed by atoms with Crippen LogP contribution < -0.4 is 15.8 Å². The van der Waals surface area contributed by atoms with E-state index in [4.69, 9.17) is 10.5 Å². The molecule has 1 fully saturated rings. The largest absolute Gasteiger partial charge is 0.480 e. The van der Waals surface area contributed by atoms with Crippen LogP contribution in [0, 0.1) is 11.7 Å². The van der Waals surface area contributed by atoms with Crippen LogP contribution >= 0.6 is 0 Å². The third kappa shape index (κ3) is 6.34. The molecule has 206 valence electrons. The van der Waals surface area contributed by atoms with Gasteiger partial charge in [-0.05, 0) is 12.0 Å². The number of rotatable bonds is 7. The van der Waals surface area contributed by atoms with Crippen LogP contribution in [-0.2, 0) is 11.0 Å². The Bertz CT molecular complexity index is 1230. The normalized spacial score (nSPS) is 20.3. The monoisotopic (exact) mass is 544 g/mol. The fourth-order valence-electron chi connectivity index (χ4n) is 4.24. The van der Waals surface area contributed by atoms with Crippen LogP contribution in [0.2, 0.25) is 0 Å². The first-order valence-electron chi connectivity index (χ1n) is 11.4. The van der Waals surface area contributed by atoms with E-state index in [1.165, 1.54) is 32.2 Å². The van der Waals surface area contributed by atoms with Crippen molar-refractivity contribution in [3.8, 4) is 5.88 Å². The summed E-state index contributed by atoms with van der Waals surface area (Å²) in [6.07, 6.45) is -3.62. The van der Waals surface area contributed by atoms with Gasteiger partial charge in [0.2, 0.25) is 11.8 Å². The molecule has 0 aliphatic carbocycles. The number of nitrogens with zero attached hydrogens (tertiary/aromatic N) is 4. The van der Waals surface area contributed by atoms with E-state index >= 15 is 0 Å². The molecule has 3 rings (SSSR count). The van der Waals surface area contributed by atoms with Crippen molar-refractivity contribution in [3.63, 3.8) is 0 Å². The van der Waals surface area contributed by atoms with E-state index in [9.17, 15) is 31.1 Å². The maximum atomic E-state index is 14.6. The number of benzene rings is 1. The number of nitrogens with two attached hydrogens (primary N) is 1. The molecule has 38 heavy (non-hydrogen) atoms. The lowest BCUT2D eigenvalue weighted by atomic mass is 9.88. The molecule has 1 aliphatic heterocycles. The Kier molecular flexibility index (Phi) is 8.52. The number of ether oxygens (including phenoxy) is 1. The first-order valence-corrected chi connectivity index (χ1v) is 11.4. The zero-order valence-electron chi connectivity index (χ0n) is 20.7. The summed E-state index contributed by atoms with van der Waals surface area (Å²) in [5.41, 5.74) is 4.28. The van der Waals surface area contributed by atoms with Gasteiger partial charge in [0.1, 0.15) is 17.1 Å². The highest BCUT2D eigenvalue weighted by Gasteiger charge is 2.46. The van der Waals surface area contributed by atoms with Crippen molar-refractivity contribution < 1.29 is 35.9 Å². The van der Waals surface area contributed by atoms with Crippen molar-refractivity contribution in [2.24, 2.45) is 16.6 Å². The molecule has 1 amide bonds. The number of nitrogens with one attached hydrogen (secondary N) is 1. The summed E-state index contributed by atoms with van der Waals surface area (Å²) in [7, 11) is 2.38. The van der Waals surface area contributed by atoms with Gasteiger partial charge in [0.05, 0.1) is 19.7 Å². The number of alkyl halides is 5. The summed E-state index contributed by atoms with van der Waals surface area (Å²) >= 11 is 0. The number of methoxy groups -OCH3 is 1. The van der Waals surface area contributed by atoms with Gasteiger partial charge in [-0.15, -0.1) is 0 Å². The predicted molar refractivity (Wildman–Crippen MR) is 128 cm³/mol. The van der Waals surface area contributed by atoms with E-state index in [0.29, 0.717) is 6.20 Å². The highest BCUT2D eigenvalue weighted by Crippen LogP contribution is 2.37. The summed E-state index contributed by atoms with van der Waals surface area (Å²) in [5.74, 6) is -6.67. The van der Waals surface area contributed by atoms with E-state index in [2.05, 4.69) is 20.3 Å². The van der Waals surface area contributed by atoms with Crippen molar-refractivity contribution in [2.75, 3.05) is 32.6 Å². The average molecular weight is 545 g/mol. The van der Waals surface area contributed by atoms with E-state index in [1.54, 1.807) is 0 Å². The lowest BCUT2D eigenvalue weighted by molar-refractivity contribution is -0.148. The van der Waals surface area contributed by atoms with Gasteiger partial charge in [0, 0.05) is 43.6 Å². The zero-order chi connectivity index (χ0) is 28.3. The summed E-state index contributed by atoms with van der Waals surface area (Å²) < 4.78 is 87.6. The van der Waals surface area contributed by atoms with Crippen molar-refractivity contribution in [2.45, 2.75) is 31.5 Å². The number of piperidine rings is 1. The molecule has 0 radical (unpaired) electrons. The Hall–Kier alpha value is -3.84. The Morgan fingerprint density at radius 1 is 1.34 bits per heavy atom. The smallest absolute Gasteiger partial charge is 0.423 e. The fourth-order valence-corrected chi connectivity index (χ4v) is 4.24. The number of likely N-dealkylation sites (tertiary alicyclic amines) is 1. The number of anilines is 1. The van der Waals surface area contributed by atoms with Gasteiger partial charge in [-0.3, -0.25) is 9.79 Å². The van der Waals surface area contributed by atoms with Crippen molar-refractivity contribution >= 4 is 23.6 Å². The number of allylic oxidation sites excluding steroid dienone is 1. The van der Waals surface area contributed by atoms with Crippen molar-refractivity contribution in [1.29, 1.82) is 0 Å². The van der Waals surface area contributed by atoms with Gasteiger partial charge in [0.15, 0.2) is 0 Å². The van der Waals surface area contributed by atoms with Crippen LogP contribution in [0.4, 0.5) is 32.3 Å². The molecule has 2 aromatic rings. The molecule has 1 aliphatic rings. The number of hydrogen-bond acceptors (Lipinski definition) is 7. The molecular formula is C24H26F6N6O2. The topological polar surface area (TPSA) is 106 Å². The van der Waals surface area contributed by atoms with Crippen molar-refractivity contribution in [1.82, 2.24) is 14.9 Å². The number of carbonyl (C=O) groups excluding carboxylic acids is 1. The minimum atomic E-state index is -4.75. The molecule has 0 bridgehead atoms. The number of hydrogen-bond donors (Lipinski definition) is 2. The third-order valence-electron chi connectivity index (χ3n) is 6.00. The molecule has 2 heterocycles. The molecule has 2 atom stereocenters. The minimum Gasteiger partial charge on any atom is -0.480 e. The van der Waals surface area contributed by atoms with E-state index in [-0.39, 0.29) is 23.6 Å². The first kappa shape index (κ1) is 28.7. The Morgan fingerprint density at radius 2 is 2.03 bits per heavy atom. The highest BCUT2D eigenvalue weighted by molar-refractivity contribution is 6.18. The summed E-state index contributed by atoms with van der Waals surface area (Å²) in [5, 5.41) is 2.69. The number of aliphatic imine (C=N–C) groups is 1. The van der Waals surface area contributed by atoms with E-state index in [0.717, 1.165) is 24.3 Å². The molecule has 1 aromatic heterocycles. The second-order valence-corrected chi connectivity index (χ2v) is 8.73. The molecule has 3 N–H and O–H groups in total. The van der Waals surface area contributed by atoms with Gasteiger partial charge >= 0.3 is 6.18 Å². The van der Waals surface area contributed by atoms with Crippen LogP contribution in [0.3, 0.4) is 0 Å². The molecule has 14 heteroatoms. The Labute approximate surface area is 214 Å². The number of halogens is 6. The number of amides is 1. The quantitative estimate of drug-likeness (QED) is 0.310. The molecule has 8 nitrogen and oxygen atoms in total. The lowest BCUT2D eigenvalue weighted by Crippen LogP contribution is -2.58. The van der Waals surface area contributed by atoms with Crippen LogP contribution in [0.25, 0.3) is 5.57 Å². The van der Waals surface area contributed by atoms with Gasteiger partial charge in [-0.2, -0.15) is 18.2 Å². The Morgan fingerprint density at radius 3 is 2.63 bits per heavy atom. The van der Waals surface area contributed by atoms with Crippen LogP contribution in [0.5, 0.6) is 5.88 Å². The summed E-state index contributed by atoms with van der Waals surface area (Å²) in [6.45, 7) is 0.328. The Balaban J connectivity index is 1.94. The van der Waals surface area contributed by atoms with Gasteiger partial charge in [-0.1, -0.05) is 25.1 Å². The van der Waals surface area contributed by atoms with Crippen LogP contribution in [-0.4, -0.2) is 66.2 Å². The predicted octanol–water partition coefficient (Wildman–Crippen LogP) is 4.00. The van der Waals surface area contributed by atoms with Gasteiger partial charge in [-0.25, -0.2) is 18.2 Å². The molecule has 1 unspecified atom stereocenters. The summed E-state index contributed by atoms with van der Waals surface area (Å²) in [6, 6.07) is 4.58. The third-order valence-corrected chi connectivity index (χ3v) is 6.00. The number of aromatic nitrogens is 2. The fraction of sp³-hybridized carbons (Fsp3) is 0.417. The first-order chi connectivity index (χ1) is 17.8. The van der Waals surface area contributed by atoms with Crippen molar-refractivity contribution in [3.05, 3.63) is 53.1 Å². The molecule has 1 aromatic carbocycles.